The van der Waals surface area contributed by atoms with E-state index in [-0.39, 0.29) is 5.82 Å². The maximum atomic E-state index is 15.0. The van der Waals surface area contributed by atoms with Gasteiger partial charge in [-0.25, -0.2) is 4.39 Å². The molecule has 2 aromatic heterocycles. The number of halogens is 1. The van der Waals surface area contributed by atoms with Crippen LogP contribution in [0.1, 0.15) is 24.5 Å². The van der Waals surface area contributed by atoms with Crippen molar-refractivity contribution in [1.29, 1.82) is 0 Å². The normalized spacial score (nSPS) is 15.7. The molecule has 0 aliphatic carbocycles. The first-order valence-electron chi connectivity index (χ1n) is 9.85. The van der Waals surface area contributed by atoms with E-state index in [0.29, 0.717) is 35.5 Å². The summed E-state index contributed by atoms with van der Waals surface area (Å²) in [6.07, 6.45) is 9.12. The quantitative estimate of drug-likeness (QED) is 0.533. The third-order valence-electron chi connectivity index (χ3n) is 5.66. The average molecular weight is 401 g/mol. The summed E-state index contributed by atoms with van der Waals surface area (Å²) in [5.41, 5.74) is 2.49. The van der Waals surface area contributed by atoms with Crippen LogP contribution in [0.2, 0.25) is 0 Å². The molecule has 0 amide bonds. The van der Waals surface area contributed by atoms with Crippen LogP contribution in [0.15, 0.2) is 42.7 Å². The van der Waals surface area contributed by atoms with E-state index < -0.39 is 5.60 Å². The van der Waals surface area contributed by atoms with Crippen LogP contribution in [-0.2, 0) is 12.8 Å². The van der Waals surface area contributed by atoms with E-state index in [1.165, 1.54) is 12.4 Å². The van der Waals surface area contributed by atoms with E-state index in [1.807, 2.05) is 29.2 Å². The Labute approximate surface area is 173 Å². The molecule has 4 aromatic rings. The maximum Gasteiger partial charge on any atom is 0.257 e. The van der Waals surface area contributed by atoms with Crippen molar-refractivity contribution in [3.8, 4) is 12.3 Å². The molecule has 0 saturated heterocycles. The highest BCUT2D eigenvalue weighted by atomic mass is 19.1. The summed E-state index contributed by atoms with van der Waals surface area (Å²) < 4.78 is 16.7. The predicted octanol–water partition coefficient (Wildman–Crippen LogP) is 3.43. The third-order valence-corrected chi connectivity index (χ3v) is 5.66. The maximum absolute atomic E-state index is 15.0. The van der Waals surface area contributed by atoms with Gasteiger partial charge in [0.1, 0.15) is 23.6 Å². The summed E-state index contributed by atoms with van der Waals surface area (Å²) in [5, 5.41) is 18.9. The van der Waals surface area contributed by atoms with Crippen LogP contribution in [0.5, 0.6) is 0 Å². The van der Waals surface area contributed by atoms with Crippen LogP contribution in [0.25, 0.3) is 16.7 Å². The molecule has 0 spiro atoms. The average Bonchev–Trinajstić information content (AvgIpc) is 3.22. The fourth-order valence-electron chi connectivity index (χ4n) is 4.26. The van der Waals surface area contributed by atoms with Crippen LogP contribution < -0.4 is 4.90 Å². The Morgan fingerprint density at radius 1 is 1.27 bits per heavy atom. The summed E-state index contributed by atoms with van der Waals surface area (Å²) in [5.74, 6) is 3.04. The molecule has 150 valence electrons. The van der Waals surface area contributed by atoms with E-state index in [1.54, 1.807) is 17.4 Å². The van der Waals surface area contributed by atoms with Gasteiger partial charge in [-0.3, -0.25) is 4.40 Å². The van der Waals surface area contributed by atoms with Gasteiger partial charge in [0.15, 0.2) is 0 Å². The highest BCUT2D eigenvalue weighted by molar-refractivity contribution is 5.94. The number of rotatable bonds is 3. The van der Waals surface area contributed by atoms with E-state index >= 15 is 0 Å². The molecule has 5 rings (SSSR count). The van der Waals surface area contributed by atoms with E-state index in [0.717, 1.165) is 29.7 Å². The lowest BCUT2D eigenvalue weighted by atomic mass is 9.89. The van der Waals surface area contributed by atoms with Crippen molar-refractivity contribution in [2.45, 2.75) is 31.8 Å². The first-order valence-corrected chi connectivity index (χ1v) is 9.85. The van der Waals surface area contributed by atoms with Gasteiger partial charge in [-0.05, 0) is 49.1 Å². The summed E-state index contributed by atoms with van der Waals surface area (Å²) in [7, 11) is 0. The van der Waals surface area contributed by atoms with Crippen molar-refractivity contribution in [2.24, 2.45) is 0 Å². The Hall–Kier alpha value is -3.50. The third kappa shape index (κ3) is 2.88. The molecule has 0 saturated carbocycles. The summed E-state index contributed by atoms with van der Waals surface area (Å²) in [6.45, 7) is 2.33. The summed E-state index contributed by atoms with van der Waals surface area (Å²) in [4.78, 5) is 6.70. The van der Waals surface area contributed by atoms with E-state index in [2.05, 4.69) is 21.1 Å². The monoisotopic (exact) mass is 401 g/mol. The fraction of sp³-hybridized carbons (Fsp3) is 0.261. The lowest BCUT2D eigenvalue weighted by Crippen LogP contribution is -2.29. The van der Waals surface area contributed by atoms with Crippen LogP contribution >= 0.6 is 0 Å². The van der Waals surface area contributed by atoms with Crippen molar-refractivity contribution in [3.63, 3.8) is 0 Å². The minimum Gasteiger partial charge on any atom is -0.378 e. The highest BCUT2D eigenvalue weighted by Gasteiger charge is 2.27. The van der Waals surface area contributed by atoms with Crippen molar-refractivity contribution >= 4 is 28.2 Å². The van der Waals surface area contributed by atoms with Crippen LogP contribution in [0.4, 0.5) is 15.9 Å². The molecular formula is C23H20FN5O. The van der Waals surface area contributed by atoms with Crippen molar-refractivity contribution in [3.05, 3.63) is 59.7 Å². The first kappa shape index (κ1) is 18.5. The molecule has 1 aliphatic rings. The Kier molecular flexibility index (Phi) is 4.19. The largest absolute Gasteiger partial charge is 0.378 e. The number of terminal acetylenes is 1. The second kappa shape index (κ2) is 6.78. The Balaban J connectivity index is 1.73. The predicted molar refractivity (Wildman–Crippen MR) is 113 cm³/mol. The number of aliphatic hydroxyl groups is 1. The Bertz CT molecular complexity index is 1320. The Morgan fingerprint density at radius 2 is 2.10 bits per heavy atom. The van der Waals surface area contributed by atoms with Gasteiger partial charge in [0, 0.05) is 18.7 Å². The number of aromatic nitrogens is 4. The SMILES string of the molecule is C#CC(C)(O)Cc1cccc2c1CCCN2c1nc2nncn2c2cccc(F)c12. The zero-order chi connectivity index (χ0) is 20.9. The molecule has 1 aliphatic heterocycles. The molecule has 2 aromatic carbocycles. The van der Waals surface area contributed by atoms with Gasteiger partial charge in [-0.1, -0.05) is 24.1 Å². The van der Waals surface area contributed by atoms with Gasteiger partial charge in [0.25, 0.3) is 5.78 Å². The summed E-state index contributed by atoms with van der Waals surface area (Å²) in [6, 6.07) is 10.9. The minimum absolute atomic E-state index is 0.343. The lowest BCUT2D eigenvalue weighted by molar-refractivity contribution is 0.122. The summed E-state index contributed by atoms with van der Waals surface area (Å²) >= 11 is 0. The molecule has 30 heavy (non-hydrogen) atoms. The fourth-order valence-corrected chi connectivity index (χ4v) is 4.26. The van der Waals surface area contributed by atoms with Gasteiger partial charge in [-0.2, -0.15) is 4.98 Å². The van der Waals surface area contributed by atoms with Crippen LogP contribution in [0, 0.1) is 18.2 Å². The van der Waals surface area contributed by atoms with Crippen molar-refractivity contribution in [1.82, 2.24) is 19.6 Å². The number of hydrogen-bond donors (Lipinski definition) is 1. The van der Waals surface area contributed by atoms with Gasteiger partial charge in [-0.15, -0.1) is 16.6 Å². The zero-order valence-electron chi connectivity index (χ0n) is 16.5. The standard InChI is InChI=1S/C23H20FN5O/c1-3-23(2,30)13-15-7-4-10-18-16(15)8-6-12-28(18)21-20-17(24)9-5-11-19(20)29-14-25-27-22(29)26-21/h1,4-5,7,9-11,14,30H,6,8,12-13H2,2H3. The number of benzene rings is 2. The van der Waals surface area contributed by atoms with Crippen LogP contribution in [-0.4, -0.2) is 36.8 Å². The molecule has 7 heteroatoms. The zero-order valence-corrected chi connectivity index (χ0v) is 16.5. The molecule has 1 atom stereocenters. The number of fused-ring (bicyclic) bond motifs is 4. The molecule has 0 bridgehead atoms. The van der Waals surface area contributed by atoms with E-state index in [4.69, 9.17) is 6.42 Å². The minimum atomic E-state index is -1.23. The van der Waals surface area contributed by atoms with Crippen LogP contribution in [0.3, 0.4) is 0 Å². The number of nitrogens with zero attached hydrogens (tertiary/aromatic N) is 5. The second-order valence-electron chi connectivity index (χ2n) is 7.84. The molecule has 0 radical (unpaired) electrons. The number of hydrogen-bond acceptors (Lipinski definition) is 5. The molecule has 1 N–H and O–H groups in total. The van der Waals surface area contributed by atoms with Crippen molar-refractivity contribution < 1.29 is 9.50 Å². The van der Waals surface area contributed by atoms with Gasteiger partial charge in [0.2, 0.25) is 0 Å². The lowest BCUT2D eigenvalue weighted by Gasteiger charge is -2.33. The number of anilines is 2. The molecule has 3 heterocycles. The van der Waals surface area contributed by atoms with Gasteiger partial charge in [0.05, 0.1) is 10.9 Å². The van der Waals surface area contributed by atoms with Crippen molar-refractivity contribution in [2.75, 3.05) is 11.4 Å². The second-order valence-corrected chi connectivity index (χ2v) is 7.84. The smallest absolute Gasteiger partial charge is 0.257 e. The molecule has 1 unspecified atom stereocenters. The van der Waals surface area contributed by atoms with E-state index in [9.17, 15) is 9.50 Å². The van der Waals surface area contributed by atoms with Gasteiger partial charge < -0.3 is 10.0 Å². The highest BCUT2D eigenvalue weighted by Crippen LogP contribution is 2.39. The topological polar surface area (TPSA) is 66.5 Å². The first-order chi connectivity index (χ1) is 14.5. The Morgan fingerprint density at radius 3 is 2.93 bits per heavy atom. The molecule has 6 nitrogen and oxygen atoms in total. The molecular weight excluding hydrogens is 381 g/mol. The molecule has 0 fully saturated rings. The van der Waals surface area contributed by atoms with Gasteiger partial charge >= 0.3 is 0 Å².